The summed E-state index contributed by atoms with van der Waals surface area (Å²) in [7, 11) is 0. The molecule has 32 heavy (non-hydrogen) atoms. The van der Waals surface area contributed by atoms with E-state index in [1.165, 1.54) is 23.5 Å². The Morgan fingerprint density at radius 1 is 0.812 bits per heavy atom. The van der Waals surface area contributed by atoms with Crippen molar-refractivity contribution in [1.29, 1.82) is 0 Å². The van der Waals surface area contributed by atoms with Gasteiger partial charge in [-0.1, -0.05) is 75.5 Å². The Balaban J connectivity index is 2.27. The molecule has 4 N–H and O–H groups in total. The fourth-order valence-corrected chi connectivity index (χ4v) is 4.56. The molecule has 0 bridgehead atoms. The molecule has 0 amide bonds. The number of nitrogens with one attached hydrogen (secondary N) is 2. The monoisotopic (exact) mass is 474 g/mol. The number of aromatic nitrogens is 4. The van der Waals surface area contributed by atoms with Crippen LogP contribution in [0.5, 0.6) is 11.8 Å². The van der Waals surface area contributed by atoms with Crippen LogP contribution in [0.4, 0.5) is 0 Å². The van der Waals surface area contributed by atoms with Crippen molar-refractivity contribution in [3.63, 3.8) is 0 Å². The first-order valence-corrected chi connectivity index (χ1v) is 12.3. The van der Waals surface area contributed by atoms with Gasteiger partial charge in [-0.3, -0.25) is 9.59 Å². The molecule has 0 saturated heterocycles. The fraction of sp³-hybridized carbons (Fsp3) is 0.364. The number of aromatic amines is 2. The number of H-pyrrole nitrogens is 2. The largest absolute Gasteiger partial charge is 0.493 e. The maximum Gasteiger partial charge on any atom is 0.259 e. The van der Waals surface area contributed by atoms with E-state index >= 15 is 0 Å². The molecule has 0 fully saturated rings. The Morgan fingerprint density at radius 3 is 1.56 bits per heavy atom. The number of nitrogens with zero attached hydrogens (tertiary/aromatic N) is 2. The molecular formula is C22H26N4O4S2. The van der Waals surface area contributed by atoms with Crippen LogP contribution in [0.1, 0.15) is 61.8 Å². The lowest BCUT2D eigenvalue weighted by Crippen LogP contribution is -2.26. The lowest BCUT2D eigenvalue weighted by Gasteiger charge is -2.19. The van der Waals surface area contributed by atoms with Crippen LogP contribution in [0.3, 0.4) is 0 Å². The van der Waals surface area contributed by atoms with E-state index in [4.69, 9.17) is 0 Å². The quantitative estimate of drug-likeness (QED) is 0.286. The predicted molar refractivity (Wildman–Crippen MR) is 127 cm³/mol. The topological polar surface area (TPSA) is 132 Å². The lowest BCUT2D eigenvalue weighted by molar-refractivity contribution is 0.424. The molecule has 3 aromatic rings. The summed E-state index contributed by atoms with van der Waals surface area (Å²) in [5.74, 6) is -0.451. The van der Waals surface area contributed by atoms with E-state index in [1.54, 1.807) is 12.1 Å². The van der Waals surface area contributed by atoms with Crippen LogP contribution in [0, 0.1) is 0 Å². The third-order valence-corrected chi connectivity index (χ3v) is 6.41. The zero-order chi connectivity index (χ0) is 23.4. The standard InChI is InChI=1S/C22H26N4O4S2/c1-5-31-21-23-17(27)15(18(28)24-21)14(13-9-7-12(8-10-13)11(3)4)16-19(29)25-22(32-6-2)26-20(16)30/h7-11,14H,5-6H2,1-4H3,(H2,23,24,27,28)(H2,25,26,29,30). The van der Waals surface area contributed by atoms with Gasteiger partial charge in [-0.2, -0.15) is 9.97 Å². The fourth-order valence-electron chi connectivity index (χ4n) is 3.38. The Morgan fingerprint density at radius 2 is 1.22 bits per heavy atom. The highest BCUT2D eigenvalue weighted by atomic mass is 32.2. The third-order valence-electron chi connectivity index (χ3n) is 4.90. The van der Waals surface area contributed by atoms with E-state index in [0.29, 0.717) is 17.1 Å². The average Bonchev–Trinajstić information content (AvgIpc) is 2.72. The number of benzene rings is 1. The van der Waals surface area contributed by atoms with Crippen LogP contribution in [-0.2, 0) is 0 Å². The molecule has 2 aromatic heterocycles. The number of hydrogen-bond donors (Lipinski definition) is 4. The first kappa shape index (κ1) is 23.9. The second-order valence-corrected chi connectivity index (χ2v) is 9.84. The third kappa shape index (κ3) is 5.02. The Hall–Kier alpha value is -2.72. The zero-order valence-electron chi connectivity index (χ0n) is 18.3. The molecule has 0 aliphatic rings. The van der Waals surface area contributed by atoms with Crippen LogP contribution in [-0.4, -0.2) is 41.7 Å². The summed E-state index contributed by atoms with van der Waals surface area (Å²) in [5, 5.41) is 21.9. The van der Waals surface area contributed by atoms with Crippen LogP contribution < -0.4 is 11.1 Å². The molecule has 0 unspecified atom stereocenters. The first-order chi connectivity index (χ1) is 15.3. The summed E-state index contributed by atoms with van der Waals surface area (Å²) in [4.78, 5) is 39.5. The van der Waals surface area contributed by atoms with Crippen molar-refractivity contribution in [2.24, 2.45) is 0 Å². The summed E-state index contributed by atoms with van der Waals surface area (Å²) in [5.41, 5.74) is 0.202. The van der Waals surface area contributed by atoms with Gasteiger partial charge in [-0.25, -0.2) is 0 Å². The van der Waals surface area contributed by atoms with E-state index in [9.17, 15) is 19.8 Å². The SMILES string of the molecule is CCSc1nc(O)c(C(c2ccc(C(C)C)cc2)c2c(O)nc(SCC)[nH]c2=O)c(=O)[nH]1. The lowest BCUT2D eigenvalue weighted by atomic mass is 9.86. The Bertz CT molecular complexity index is 1140. The number of aromatic hydroxyl groups is 2. The molecule has 0 spiro atoms. The highest BCUT2D eigenvalue weighted by Crippen LogP contribution is 2.36. The number of hydrogen-bond acceptors (Lipinski definition) is 8. The van der Waals surface area contributed by atoms with Crippen molar-refractivity contribution >= 4 is 23.5 Å². The molecule has 0 radical (unpaired) electrons. The van der Waals surface area contributed by atoms with E-state index < -0.39 is 28.8 Å². The smallest absolute Gasteiger partial charge is 0.259 e. The minimum atomic E-state index is -1.06. The van der Waals surface area contributed by atoms with Gasteiger partial charge < -0.3 is 20.2 Å². The van der Waals surface area contributed by atoms with Crippen molar-refractivity contribution < 1.29 is 10.2 Å². The van der Waals surface area contributed by atoms with Gasteiger partial charge in [-0.15, -0.1) is 0 Å². The molecule has 2 heterocycles. The Kier molecular flexibility index (Phi) is 7.68. The highest BCUT2D eigenvalue weighted by molar-refractivity contribution is 7.99. The molecule has 8 nitrogen and oxygen atoms in total. The van der Waals surface area contributed by atoms with Gasteiger partial charge in [-0.05, 0) is 28.6 Å². The maximum atomic E-state index is 13.0. The van der Waals surface area contributed by atoms with Crippen molar-refractivity contribution in [1.82, 2.24) is 19.9 Å². The minimum absolute atomic E-state index is 0.124. The summed E-state index contributed by atoms with van der Waals surface area (Å²) in [6, 6.07) is 7.35. The van der Waals surface area contributed by atoms with Crippen LogP contribution in [0.2, 0.25) is 0 Å². The summed E-state index contributed by atoms with van der Waals surface area (Å²) < 4.78 is 0. The van der Waals surface area contributed by atoms with Gasteiger partial charge in [0.05, 0.1) is 17.0 Å². The molecule has 170 valence electrons. The van der Waals surface area contributed by atoms with Crippen LogP contribution >= 0.6 is 23.5 Å². The van der Waals surface area contributed by atoms with Crippen molar-refractivity contribution in [2.45, 2.75) is 49.8 Å². The zero-order valence-corrected chi connectivity index (χ0v) is 19.9. The van der Waals surface area contributed by atoms with Gasteiger partial charge in [0.25, 0.3) is 11.1 Å². The van der Waals surface area contributed by atoms with Gasteiger partial charge in [0.1, 0.15) is 0 Å². The second kappa shape index (κ2) is 10.3. The van der Waals surface area contributed by atoms with Crippen molar-refractivity contribution in [2.75, 3.05) is 11.5 Å². The normalized spacial score (nSPS) is 11.4. The van der Waals surface area contributed by atoms with E-state index in [2.05, 4.69) is 33.8 Å². The van der Waals surface area contributed by atoms with Gasteiger partial charge in [0.15, 0.2) is 10.3 Å². The molecular weight excluding hydrogens is 448 g/mol. The van der Waals surface area contributed by atoms with Gasteiger partial charge in [0.2, 0.25) is 11.8 Å². The molecule has 10 heteroatoms. The average molecular weight is 475 g/mol. The molecule has 0 saturated carbocycles. The second-order valence-electron chi connectivity index (χ2n) is 7.34. The molecule has 3 rings (SSSR count). The van der Waals surface area contributed by atoms with Gasteiger partial charge in [0, 0.05) is 0 Å². The molecule has 0 aliphatic heterocycles. The van der Waals surface area contributed by atoms with E-state index in [0.717, 1.165) is 5.56 Å². The molecule has 0 atom stereocenters. The maximum absolute atomic E-state index is 13.0. The summed E-state index contributed by atoms with van der Waals surface area (Å²) in [6.07, 6.45) is 0. The first-order valence-electron chi connectivity index (χ1n) is 10.3. The molecule has 0 aliphatic carbocycles. The van der Waals surface area contributed by atoms with E-state index in [-0.39, 0.29) is 27.4 Å². The summed E-state index contributed by atoms with van der Waals surface area (Å²) >= 11 is 2.55. The van der Waals surface area contributed by atoms with Crippen molar-refractivity contribution in [3.8, 4) is 11.8 Å². The number of thioether (sulfide) groups is 2. The highest BCUT2D eigenvalue weighted by Gasteiger charge is 2.31. The van der Waals surface area contributed by atoms with E-state index in [1.807, 2.05) is 26.0 Å². The predicted octanol–water partition coefficient (Wildman–Crippen LogP) is 3.79. The Labute approximate surface area is 194 Å². The summed E-state index contributed by atoms with van der Waals surface area (Å²) in [6.45, 7) is 7.91. The van der Waals surface area contributed by atoms with Crippen LogP contribution in [0.25, 0.3) is 0 Å². The van der Waals surface area contributed by atoms with Crippen LogP contribution in [0.15, 0.2) is 44.2 Å². The molecule has 1 aromatic carbocycles. The number of rotatable bonds is 8. The minimum Gasteiger partial charge on any atom is -0.493 e. The van der Waals surface area contributed by atoms with Crippen molar-refractivity contribution in [3.05, 3.63) is 67.2 Å². The van der Waals surface area contributed by atoms with Gasteiger partial charge >= 0.3 is 0 Å².